The quantitative estimate of drug-likeness (QED) is 0.682. The predicted molar refractivity (Wildman–Crippen MR) is 109 cm³/mol. The average molecular weight is 405 g/mol. The van der Waals surface area contributed by atoms with Gasteiger partial charge in [0, 0.05) is 25.6 Å². The van der Waals surface area contributed by atoms with E-state index in [9.17, 15) is 4.79 Å². The largest absolute Gasteiger partial charge is 0.381 e. The lowest BCUT2D eigenvalue weighted by Crippen LogP contribution is -2.48. The fourth-order valence-corrected chi connectivity index (χ4v) is 5.03. The van der Waals surface area contributed by atoms with Crippen molar-refractivity contribution in [3.8, 4) is 0 Å². The van der Waals surface area contributed by atoms with Gasteiger partial charge >= 0.3 is 6.03 Å². The van der Waals surface area contributed by atoms with Gasteiger partial charge in [0.05, 0.1) is 6.61 Å². The first kappa shape index (κ1) is 20.6. The summed E-state index contributed by atoms with van der Waals surface area (Å²) in [6.45, 7) is 2.24. The highest BCUT2D eigenvalue weighted by Gasteiger charge is 2.33. The Morgan fingerprint density at radius 1 is 1.03 bits per heavy atom. The molecule has 0 spiro atoms. The summed E-state index contributed by atoms with van der Waals surface area (Å²) in [6.07, 6.45) is 14.8. The van der Waals surface area contributed by atoms with E-state index in [1.807, 2.05) is 4.90 Å². The lowest BCUT2D eigenvalue weighted by atomic mass is 9.95. The van der Waals surface area contributed by atoms with E-state index in [2.05, 4.69) is 15.5 Å². The Morgan fingerprint density at radius 2 is 1.79 bits per heavy atom. The monoisotopic (exact) mass is 404 g/mol. The molecule has 2 amide bonds. The molecule has 2 saturated carbocycles. The Balaban J connectivity index is 1.28. The van der Waals surface area contributed by atoms with Crippen molar-refractivity contribution in [1.82, 2.24) is 20.4 Å². The van der Waals surface area contributed by atoms with Crippen LogP contribution in [0, 0.1) is 5.92 Å². The lowest BCUT2D eigenvalue weighted by molar-refractivity contribution is 0.102. The third kappa shape index (κ3) is 5.71. The van der Waals surface area contributed by atoms with Crippen LogP contribution in [-0.2, 0) is 11.2 Å². The van der Waals surface area contributed by atoms with Crippen LogP contribution in [0.5, 0.6) is 0 Å². The SMILES string of the molecule is O=C(NC1CCCCC1)N1CCCCC1c1nc(CCOCC2CCCC2)no1. The first-order valence-electron chi connectivity index (χ1n) is 11.8. The summed E-state index contributed by atoms with van der Waals surface area (Å²) in [6, 6.07) is 0.239. The van der Waals surface area contributed by atoms with E-state index in [1.165, 1.54) is 44.9 Å². The van der Waals surface area contributed by atoms with Crippen LogP contribution >= 0.6 is 0 Å². The van der Waals surface area contributed by atoms with Crippen LogP contribution in [0.4, 0.5) is 4.79 Å². The highest BCUT2D eigenvalue weighted by atomic mass is 16.5. The number of urea groups is 1. The number of amides is 2. The number of carbonyl (C=O) groups excluding carboxylic acids is 1. The molecule has 2 heterocycles. The number of ether oxygens (including phenoxy) is 1. The molecule has 1 atom stereocenters. The minimum atomic E-state index is -0.104. The van der Waals surface area contributed by atoms with Gasteiger partial charge in [-0.05, 0) is 50.9 Å². The number of hydrogen-bond acceptors (Lipinski definition) is 5. The predicted octanol–water partition coefficient (Wildman–Crippen LogP) is 4.39. The summed E-state index contributed by atoms with van der Waals surface area (Å²) < 4.78 is 11.4. The molecular weight excluding hydrogens is 368 g/mol. The molecule has 1 N–H and O–H groups in total. The Hall–Kier alpha value is -1.63. The summed E-state index contributed by atoms with van der Waals surface area (Å²) in [5.41, 5.74) is 0. The van der Waals surface area contributed by atoms with Crippen LogP contribution in [0.2, 0.25) is 0 Å². The van der Waals surface area contributed by atoms with Crippen molar-refractivity contribution in [2.45, 2.75) is 95.6 Å². The third-order valence-corrected chi connectivity index (χ3v) is 6.76. The van der Waals surface area contributed by atoms with E-state index >= 15 is 0 Å². The normalized spacial score (nSPS) is 24.1. The van der Waals surface area contributed by atoms with E-state index < -0.39 is 0 Å². The fourth-order valence-electron chi connectivity index (χ4n) is 5.03. The number of nitrogens with zero attached hydrogens (tertiary/aromatic N) is 3. The molecule has 3 aliphatic rings. The van der Waals surface area contributed by atoms with E-state index in [0.717, 1.165) is 51.2 Å². The van der Waals surface area contributed by atoms with Crippen molar-refractivity contribution in [3.63, 3.8) is 0 Å². The smallest absolute Gasteiger partial charge is 0.318 e. The highest BCUT2D eigenvalue weighted by Crippen LogP contribution is 2.30. The maximum absolute atomic E-state index is 12.9. The lowest BCUT2D eigenvalue weighted by Gasteiger charge is -2.35. The van der Waals surface area contributed by atoms with Crippen molar-refractivity contribution in [1.29, 1.82) is 0 Å². The molecule has 1 saturated heterocycles. The van der Waals surface area contributed by atoms with Gasteiger partial charge in [-0.15, -0.1) is 0 Å². The second-order valence-corrected chi connectivity index (χ2v) is 9.01. The number of rotatable bonds is 7. The zero-order valence-electron chi connectivity index (χ0n) is 17.6. The molecule has 0 bridgehead atoms. The summed E-state index contributed by atoms with van der Waals surface area (Å²) in [5, 5.41) is 7.39. The van der Waals surface area contributed by atoms with Crippen molar-refractivity contribution in [3.05, 3.63) is 11.7 Å². The number of likely N-dealkylation sites (tertiary alicyclic amines) is 1. The summed E-state index contributed by atoms with van der Waals surface area (Å²) in [4.78, 5) is 19.4. The maximum Gasteiger partial charge on any atom is 0.318 e. The number of carbonyl (C=O) groups is 1. The van der Waals surface area contributed by atoms with Gasteiger partial charge in [-0.1, -0.05) is 37.3 Å². The van der Waals surface area contributed by atoms with E-state index in [1.54, 1.807) is 0 Å². The van der Waals surface area contributed by atoms with Gasteiger partial charge in [0.1, 0.15) is 6.04 Å². The van der Waals surface area contributed by atoms with E-state index in [0.29, 0.717) is 30.8 Å². The minimum absolute atomic E-state index is 0.0289. The average Bonchev–Trinajstić information content (AvgIpc) is 3.44. The molecule has 29 heavy (non-hydrogen) atoms. The molecule has 1 aliphatic heterocycles. The first-order chi connectivity index (χ1) is 14.3. The molecule has 1 aromatic rings. The van der Waals surface area contributed by atoms with Gasteiger partial charge in [0.25, 0.3) is 0 Å². The van der Waals surface area contributed by atoms with E-state index in [4.69, 9.17) is 9.26 Å². The molecule has 4 rings (SSSR count). The zero-order valence-corrected chi connectivity index (χ0v) is 17.6. The van der Waals surface area contributed by atoms with Crippen LogP contribution in [0.15, 0.2) is 4.52 Å². The van der Waals surface area contributed by atoms with Crippen LogP contribution in [0.3, 0.4) is 0 Å². The number of hydrogen-bond donors (Lipinski definition) is 1. The van der Waals surface area contributed by atoms with Crippen molar-refractivity contribution in [2.75, 3.05) is 19.8 Å². The van der Waals surface area contributed by atoms with E-state index in [-0.39, 0.29) is 12.1 Å². The second-order valence-electron chi connectivity index (χ2n) is 9.01. The maximum atomic E-state index is 12.9. The molecule has 3 fully saturated rings. The topological polar surface area (TPSA) is 80.5 Å². The Kier molecular flexibility index (Phi) is 7.41. The number of piperidine rings is 1. The van der Waals surface area contributed by atoms with Crippen LogP contribution in [-0.4, -0.2) is 46.9 Å². The van der Waals surface area contributed by atoms with Gasteiger partial charge in [0.15, 0.2) is 5.82 Å². The second kappa shape index (κ2) is 10.4. The minimum Gasteiger partial charge on any atom is -0.381 e. The Bertz CT molecular complexity index is 638. The molecule has 0 aromatic carbocycles. The van der Waals surface area contributed by atoms with Gasteiger partial charge in [0.2, 0.25) is 5.89 Å². The molecular formula is C22H36N4O3. The van der Waals surface area contributed by atoms with Crippen LogP contribution in [0.25, 0.3) is 0 Å². The summed E-state index contributed by atoms with van der Waals surface area (Å²) in [5.74, 6) is 1.99. The Morgan fingerprint density at radius 3 is 2.62 bits per heavy atom. The third-order valence-electron chi connectivity index (χ3n) is 6.76. The van der Waals surface area contributed by atoms with Crippen molar-refractivity contribution in [2.24, 2.45) is 5.92 Å². The molecule has 1 unspecified atom stereocenters. The van der Waals surface area contributed by atoms with Gasteiger partial charge in [-0.25, -0.2) is 4.79 Å². The highest BCUT2D eigenvalue weighted by molar-refractivity contribution is 5.75. The molecule has 7 nitrogen and oxygen atoms in total. The Labute approximate surface area is 173 Å². The van der Waals surface area contributed by atoms with Crippen LogP contribution in [0.1, 0.15) is 94.8 Å². The number of nitrogens with one attached hydrogen (secondary N) is 1. The van der Waals surface area contributed by atoms with Gasteiger partial charge < -0.3 is 19.5 Å². The van der Waals surface area contributed by atoms with Crippen molar-refractivity contribution < 1.29 is 14.1 Å². The van der Waals surface area contributed by atoms with Gasteiger partial charge in [-0.3, -0.25) is 0 Å². The number of aromatic nitrogens is 2. The molecule has 7 heteroatoms. The molecule has 2 aliphatic carbocycles. The standard InChI is InChI=1S/C22H36N4O3/c27-22(23-18-10-2-1-3-11-18)26-14-7-6-12-19(26)21-24-20(25-29-21)13-15-28-16-17-8-4-5-9-17/h17-19H,1-16H2,(H,23,27). The first-order valence-corrected chi connectivity index (χ1v) is 11.8. The molecule has 0 radical (unpaired) electrons. The summed E-state index contributed by atoms with van der Waals surface area (Å²) in [7, 11) is 0. The summed E-state index contributed by atoms with van der Waals surface area (Å²) >= 11 is 0. The zero-order chi connectivity index (χ0) is 19.9. The van der Waals surface area contributed by atoms with Crippen LogP contribution < -0.4 is 5.32 Å². The van der Waals surface area contributed by atoms with Gasteiger partial charge in [-0.2, -0.15) is 4.98 Å². The molecule has 162 valence electrons. The molecule has 1 aromatic heterocycles. The fraction of sp³-hybridized carbons (Fsp3) is 0.864. The van der Waals surface area contributed by atoms with Crippen molar-refractivity contribution >= 4 is 6.03 Å².